The SMILES string of the molecule is COc1ccc(C(=O)c2[nH]c3ccccc3c2C)cc1. The van der Waals surface area contributed by atoms with Gasteiger partial charge in [0.15, 0.2) is 0 Å². The van der Waals surface area contributed by atoms with Crippen molar-refractivity contribution >= 4 is 16.7 Å². The van der Waals surface area contributed by atoms with E-state index in [1.165, 1.54) is 0 Å². The molecule has 0 aliphatic carbocycles. The van der Waals surface area contributed by atoms with Crippen LogP contribution in [-0.4, -0.2) is 17.9 Å². The summed E-state index contributed by atoms with van der Waals surface area (Å²) in [6.45, 7) is 1.97. The van der Waals surface area contributed by atoms with Crippen LogP contribution < -0.4 is 4.74 Å². The molecule has 0 spiro atoms. The van der Waals surface area contributed by atoms with Gasteiger partial charge in [-0.05, 0) is 42.8 Å². The Morgan fingerprint density at radius 2 is 1.75 bits per heavy atom. The first-order valence-corrected chi connectivity index (χ1v) is 6.47. The molecule has 2 aromatic carbocycles. The number of ketones is 1. The first-order valence-electron chi connectivity index (χ1n) is 6.47. The number of aromatic amines is 1. The molecule has 0 atom stereocenters. The Hall–Kier alpha value is -2.55. The average Bonchev–Trinajstić information content (AvgIpc) is 2.84. The molecule has 0 aliphatic heterocycles. The fraction of sp³-hybridized carbons (Fsp3) is 0.118. The summed E-state index contributed by atoms with van der Waals surface area (Å²) in [6.07, 6.45) is 0. The quantitative estimate of drug-likeness (QED) is 0.733. The van der Waals surface area contributed by atoms with Crippen LogP contribution in [0.5, 0.6) is 5.75 Å². The summed E-state index contributed by atoms with van der Waals surface area (Å²) < 4.78 is 5.11. The number of methoxy groups -OCH3 is 1. The number of aryl methyl sites for hydroxylation is 1. The summed E-state index contributed by atoms with van der Waals surface area (Å²) in [4.78, 5) is 15.8. The van der Waals surface area contributed by atoms with Crippen LogP contribution in [0.4, 0.5) is 0 Å². The molecule has 1 aromatic heterocycles. The molecule has 100 valence electrons. The highest BCUT2D eigenvalue weighted by molar-refractivity contribution is 6.11. The largest absolute Gasteiger partial charge is 0.497 e. The molecule has 1 heterocycles. The van der Waals surface area contributed by atoms with Crippen LogP contribution in [0.2, 0.25) is 0 Å². The summed E-state index contributed by atoms with van der Waals surface area (Å²) in [5.41, 5.74) is 3.28. The molecule has 0 aliphatic rings. The van der Waals surface area contributed by atoms with Crippen molar-refractivity contribution in [1.82, 2.24) is 4.98 Å². The minimum absolute atomic E-state index is 0.00125. The van der Waals surface area contributed by atoms with Crippen LogP contribution in [0.3, 0.4) is 0 Å². The topological polar surface area (TPSA) is 42.1 Å². The maximum Gasteiger partial charge on any atom is 0.209 e. The number of ether oxygens (including phenoxy) is 1. The zero-order valence-electron chi connectivity index (χ0n) is 11.4. The van der Waals surface area contributed by atoms with E-state index < -0.39 is 0 Å². The van der Waals surface area contributed by atoms with Gasteiger partial charge >= 0.3 is 0 Å². The number of nitrogens with one attached hydrogen (secondary N) is 1. The van der Waals surface area contributed by atoms with Gasteiger partial charge in [-0.15, -0.1) is 0 Å². The molecule has 0 saturated carbocycles. The highest BCUT2D eigenvalue weighted by atomic mass is 16.5. The Bertz CT molecular complexity index is 769. The van der Waals surface area contributed by atoms with Gasteiger partial charge in [-0.1, -0.05) is 18.2 Å². The molecule has 0 bridgehead atoms. The maximum absolute atomic E-state index is 12.6. The Morgan fingerprint density at radius 1 is 1.05 bits per heavy atom. The number of fused-ring (bicyclic) bond motifs is 1. The third-order valence-electron chi connectivity index (χ3n) is 3.55. The van der Waals surface area contributed by atoms with E-state index in [4.69, 9.17) is 4.74 Å². The lowest BCUT2D eigenvalue weighted by molar-refractivity contribution is 0.103. The first-order chi connectivity index (χ1) is 9.70. The second kappa shape index (κ2) is 4.85. The Labute approximate surface area is 117 Å². The lowest BCUT2D eigenvalue weighted by Crippen LogP contribution is -2.03. The minimum Gasteiger partial charge on any atom is -0.497 e. The van der Waals surface area contributed by atoms with E-state index in [2.05, 4.69) is 4.98 Å². The minimum atomic E-state index is 0.00125. The summed E-state index contributed by atoms with van der Waals surface area (Å²) in [5.74, 6) is 0.747. The van der Waals surface area contributed by atoms with Crippen molar-refractivity contribution in [3.05, 3.63) is 65.4 Å². The van der Waals surface area contributed by atoms with Crippen molar-refractivity contribution in [2.45, 2.75) is 6.92 Å². The van der Waals surface area contributed by atoms with E-state index in [1.807, 2.05) is 31.2 Å². The number of para-hydroxylation sites is 1. The molecule has 3 nitrogen and oxygen atoms in total. The number of benzene rings is 2. The van der Waals surface area contributed by atoms with Gasteiger partial charge in [0.25, 0.3) is 0 Å². The monoisotopic (exact) mass is 265 g/mol. The summed E-state index contributed by atoms with van der Waals surface area (Å²) in [7, 11) is 1.61. The van der Waals surface area contributed by atoms with Crippen molar-refractivity contribution < 1.29 is 9.53 Å². The molecular formula is C17H15NO2. The van der Waals surface area contributed by atoms with Crippen molar-refractivity contribution in [3.8, 4) is 5.75 Å². The molecule has 1 N–H and O–H groups in total. The van der Waals surface area contributed by atoms with Crippen LogP contribution in [0.15, 0.2) is 48.5 Å². The fourth-order valence-electron chi connectivity index (χ4n) is 2.40. The number of carbonyl (C=O) groups excluding carboxylic acids is 1. The van der Waals surface area contributed by atoms with Gasteiger partial charge in [-0.2, -0.15) is 0 Å². The van der Waals surface area contributed by atoms with Crippen LogP contribution >= 0.6 is 0 Å². The normalized spacial score (nSPS) is 10.7. The van der Waals surface area contributed by atoms with Crippen LogP contribution in [-0.2, 0) is 0 Å². The Morgan fingerprint density at radius 3 is 2.40 bits per heavy atom. The lowest BCUT2D eigenvalue weighted by atomic mass is 10.0. The number of rotatable bonds is 3. The number of hydrogen-bond donors (Lipinski definition) is 1. The zero-order valence-corrected chi connectivity index (χ0v) is 11.4. The molecule has 0 amide bonds. The van der Waals surface area contributed by atoms with Gasteiger partial charge in [-0.3, -0.25) is 4.79 Å². The van der Waals surface area contributed by atoms with Gasteiger partial charge in [0.2, 0.25) is 5.78 Å². The molecule has 3 rings (SSSR count). The van der Waals surface area contributed by atoms with Gasteiger partial charge in [0.05, 0.1) is 12.8 Å². The predicted molar refractivity (Wildman–Crippen MR) is 79.5 cm³/mol. The molecule has 3 heteroatoms. The molecule has 0 saturated heterocycles. The lowest BCUT2D eigenvalue weighted by Gasteiger charge is -2.02. The van der Waals surface area contributed by atoms with Crippen LogP contribution in [0.1, 0.15) is 21.6 Å². The van der Waals surface area contributed by atoms with Crippen molar-refractivity contribution in [2.24, 2.45) is 0 Å². The molecular weight excluding hydrogens is 250 g/mol. The number of aromatic nitrogens is 1. The van der Waals surface area contributed by atoms with E-state index in [0.29, 0.717) is 11.3 Å². The van der Waals surface area contributed by atoms with Crippen LogP contribution in [0, 0.1) is 6.92 Å². The molecule has 3 aromatic rings. The van der Waals surface area contributed by atoms with E-state index in [1.54, 1.807) is 31.4 Å². The standard InChI is InChI=1S/C17H15NO2/c1-11-14-5-3-4-6-15(14)18-16(11)17(19)12-7-9-13(20-2)10-8-12/h3-10,18H,1-2H3. The predicted octanol–water partition coefficient (Wildman–Crippen LogP) is 3.72. The number of hydrogen-bond acceptors (Lipinski definition) is 2. The highest BCUT2D eigenvalue weighted by Crippen LogP contribution is 2.24. The first kappa shape index (κ1) is 12.5. The molecule has 0 unspecified atom stereocenters. The average molecular weight is 265 g/mol. The highest BCUT2D eigenvalue weighted by Gasteiger charge is 2.16. The number of H-pyrrole nitrogens is 1. The Balaban J connectivity index is 2.05. The zero-order chi connectivity index (χ0) is 14.1. The van der Waals surface area contributed by atoms with Crippen LogP contribution in [0.25, 0.3) is 10.9 Å². The third kappa shape index (κ3) is 1.97. The third-order valence-corrected chi connectivity index (χ3v) is 3.55. The molecule has 0 radical (unpaired) electrons. The maximum atomic E-state index is 12.6. The second-order valence-electron chi connectivity index (χ2n) is 4.73. The molecule has 20 heavy (non-hydrogen) atoms. The van der Waals surface area contributed by atoms with Crippen molar-refractivity contribution in [3.63, 3.8) is 0 Å². The summed E-state index contributed by atoms with van der Waals surface area (Å²) in [5, 5.41) is 1.09. The van der Waals surface area contributed by atoms with Crippen molar-refractivity contribution in [2.75, 3.05) is 7.11 Å². The summed E-state index contributed by atoms with van der Waals surface area (Å²) in [6, 6.07) is 15.1. The van der Waals surface area contributed by atoms with E-state index >= 15 is 0 Å². The van der Waals surface area contributed by atoms with E-state index in [-0.39, 0.29) is 5.78 Å². The van der Waals surface area contributed by atoms with E-state index in [0.717, 1.165) is 22.2 Å². The second-order valence-corrected chi connectivity index (χ2v) is 4.73. The smallest absolute Gasteiger partial charge is 0.209 e. The van der Waals surface area contributed by atoms with Crippen molar-refractivity contribution in [1.29, 1.82) is 0 Å². The van der Waals surface area contributed by atoms with Gasteiger partial charge in [-0.25, -0.2) is 0 Å². The molecule has 0 fully saturated rings. The fourth-order valence-corrected chi connectivity index (χ4v) is 2.40. The Kier molecular flexibility index (Phi) is 3.03. The van der Waals surface area contributed by atoms with Gasteiger partial charge in [0, 0.05) is 16.5 Å². The van der Waals surface area contributed by atoms with E-state index in [9.17, 15) is 4.79 Å². The van der Waals surface area contributed by atoms with Gasteiger partial charge in [0.1, 0.15) is 5.75 Å². The van der Waals surface area contributed by atoms with Gasteiger partial charge < -0.3 is 9.72 Å². The summed E-state index contributed by atoms with van der Waals surface area (Å²) >= 11 is 0. The number of carbonyl (C=O) groups is 1.